The Morgan fingerprint density at radius 3 is 2.37 bits per heavy atom. The number of nitrogens with zero attached hydrogens (tertiary/aromatic N) is 3. The first kappa shape index (κ1) is 12.1. The van der Waals surface area contributed by atoms with Crippen LogP contribution in [-0.2, 0) is 0 Å². The Kier molecular flexibility index (Phi) is 2.97. The second-order valence-electron chi connectivity index (χ2n) is 3.97. The van der Waals surface area contributed by atoms with Crippen LogP contribution in [0.1, 0.15) is 0 Å². The molecule has 0 atom stereocenters. The number of aromatic nitrogens is 3. The molecule has 94 valence electrons. The first-order valence-electron chi connectivity index (χ1n) is 5.49. The fourth-order valence-corrected chi connectivity index (χ4v) is 2.49. The van der Waals surface area contributed by atoms with E-state index in [9.17, 15) is 0 Å². The van der Waals surface area contributed by atoms with Gasteiger partial charge in [0.1, 0.15) is 5.52 Å². The lowest BCUT2D eigenvalue weighted by molar-refractivity contribution is 1.04. The Bertz CT molecular complexity index is 753. The van der Waals surface area contributed by atoms with Gasteiger partial charge >= 0.3 is 0 Å². The summed E-state index contributed by atoms with van der Waals surface area (Å²) in [5.41, 5.74) is 8.45. The van der Waals surface area contributed by atoms with Crippen molar-refractivity contribution in [2.24, 2.45) is 0 Å². The molecule has 2 aromatic carbocycles. The van der Waals surface area contributed by atoms with Crippen LogP contribution in [0.25, 0.3) is 22.2 Å². The third-order valence-corrected chi connectivity index (χ3v) is 3.35. The van der Waals surface area contributed by atoms with E-state index in [1.165, 1.54) is 0 Å². The van der Waals surface area contributed by atoms with Crippen molar-refractivity contribution in [1.29, 1.82) is 0 Å². The lowest BCUT2D eigenvalue weighted by atomic mass is 10.0. The molecule has 0 aliphatic heterocycles. The molecule has 2 N–H and O–H groups in total. The molecule has 19 heavy (non-hydrogen) atoms. The number of halogens is 2. The van der Waals surface area contributed by atoms with Gasteiger partial charge in [-0.15, -0.1) is 10.2 Å². The van der Waals surface area contributed by atoms with E-state index in [0.29, 0.717) is 21.1 Å². The van der Waals surface area contributed by atoms with E-state index in [2.05, 4.69) is 15.2 Å². The monoisotopic (exact) mass is 290 g/mol. The summed E-state index contributed by atoms with van der Waals surface area (Å²) in [7, 11) is 0. The molecule has 0 aliphatic carbocycles. The molecule has 1 heterocycles. The summed E-state index contributed by atoms with van der Waals surface area (Å²) >= 11 is 12.4. The van der Waals surface area contributed by atoms with Gasteiger partial charge in [0.25, 0.3) is 0 Å². The molecule has 4 nitrogen and oxygen atoms in total. The van der Waals surface area contributed by atoms with Crippen molar-refractivity contribution in [2.45, 2.75) is 0 Å². The predicted molar refractivity (Wildman–Crippen MR) is 77.2 cm³/mol. The van der Waals surface area contributed by atoms with Crippen LogP contribution in [0.2, 0.25) is 10.0 Å². The van der Waals surface area contributed by atoms with Gasteiger partial charge in [-0.1, -0.05) is 35.3 Å². The molecule has 0 fully saturated rings. The van der Waals surface area contributed by atoms with Crippen molar-refractivity contribution in [1.82, 2.24) is 15.2 Å². The van der Waals surface area contributed by atoms with Crippen LogP contribution < -0.4 is 5.73 Å². The Balaban J connectivity index is 2.24. The Morgan fingerprint density at radius 1 is 0.895 bits per heavy atom. The first-order chi connectivity index (χ1) is 9.15. The van der Waals surface area contributed by atoms with Crippen molar-refractivity contribution >= 4 is 40.2 Å². The topological polar surface area (TPSA) is 64.7 Å². The van der Waals surface area contributed by atoms with Gasteiger partial charge in [0.05, 0.1) is 5.52 Å². The summed E-state index contributed by atoms with van der Waals surface area (Å²) in [6, 6.07) is 10.9. The maximum Gasteiger partial charge on any atom is 0.240 e. The van der Waals surface area contributed by atoms with Gasteiger partial charge in [-0.2, -0.15) is 0 Å². The summed E-state index contributed by atoms with van der Waals surface area (Å²) in [6.45, 7) is 0. The number of anilines is 1. The normalized spacial score (nSPS) is 10.8. The number of benzene rings is 2. The molecule has 0 amide bonds. The Labute approximate surface area is 119 Å². The van der Waals surface area contributed by atoms with Gasteiger partial charge in [-0.3, -0.25) is 0 Å². The van der Waals surface area contributed by atoms with Crippen molar-refractivity contribution in [3.05, 3.63) is 46.4 Å². The molecule has 0 saturated carbocycles. The minimum absolute atomic E-state index is 0.149. The van der Waals surface area contributed by atoms with Crippen molar-refractivity contribution in [3.8, 4) is 11.1 Å². The van der Waals surface area contributed by atoms with E-state index in [0.717, 1.165) is 11.1 Å². The highest BCUT2D eigenvalue weighted by atomic mass is 35.5. The number of fused-ring (bicyclic) bond motifs is 1. The van der Waals surface area contributed by atoms with E-state index in [1.54, 1.807) is 18.2 Å². The molecular formula is C13H8Cl2N4. The summed E-state index contributed by atoms with van der Waals surface area (Å²) < 4.78 is 0. The SMILES string of the molecule is Nc1nnc2cc(-c3c(Cl)cccc3Cl)ccc2n1. The molecule has 0 aliphatic rings. The number of nitrogens with two attached hydrogens (primary N) is 1. The minimum atomic E-state index is 0.149. The van der Waals surface area contributed by atoms with Crippen molar-refractivity contribution < 1.29 is 0 Å². The Hall–Kier alpha value is -1.91. The minimum Gasteiger partial charge on any atom is -0.366 e. The van der Waals surface area contributed by atoms with E-state index in [1.807, 2.05) is 18.2 Å². The zero-order valence-electron chi connectivity index (χ0n) is 9.64. The number of nitrogen functional groups attached to an aromatic ring is 1. The van der Waals surface area contributed by atoms with Gasteiger partial charge in [0.2, 0.25) is 5.95 Å². The van der Waals surface area contributed by atoms with E-state index < -0.39 is 0 Å². The van der Waals surface area contributed by atoms with Crippen LogP contribution in [0.3, 0.4) is 0 Å². The van der Waals surface area contributed by atoms with Crippen LogP contribution in [0, 0.1) is 0 Å². The second kappa shape index (κ2) is 4.64. The molecule has 0 unspecified atom stereocenters. The van der Waals surface area contributed by atoms with E-state index >= 15 is 0 Å². The van der Waals surface area contributed by atoms with Crippen LogP contribution >= 0.6 is 23.2 Å². The third kappa shape index (κ3) is 2.20. The summed E-state index contributed by atoms with van der Waals surface area (Å²) in [4.78, 5) is 4.09. The average Bonchev–Trinajstić information content (AvgIpc) is 2.38. The smallest absolute Gasteiger partial charge is 0.240 e. The third-order valence-electron chi connectivity index (χ3n) is 2.72. The van der Waals surface area contributed by atoms with E-state index in [4.69, 9.17) is 28.9 Å². The van der Waals surface area contributed by atoms with Gasteiger partial charge in [-0.25, -0.2) is 4.98 Å². The first-order valence-corrected chi connectivity index (χ1v) is 6.25. The Morgan fingerprint density at radius 2 is 1.63 bits per heavy atom. The highest BCUT2D eigenvalue weighted by Crippen LogP contribution is 2.35. The lowest BCUT2D eigenvalue weighted by Crippen LogP contribution is -1.97. The van der Waals surface area contributed by atoms with Gasteiger partial charge in [0.15, 0.2) is 0 Å². The maximum atomic E-state index is 6.18. The van der Waals surface area contributed by atoms with Crippen molar-refractivity contribution in [2.75, 3.05) is 5.73 Å². The lowest BCUT2D eigenvalue weighted by Gasteiger charge is -2.07. The highest BCUT2D eigenvalue weighted by Gasteiger charge is 2.09. The zero-order chi connectivity index (χ0) is 13.4. The number of hydrogen-bond acceptors (Lipinski definition) is 4. The van der Waals surface area contributed by atoms with Gasteiger partial charge in [-0.05, 0) is 29.8 Å². The largest absolute Gasteiger partial charge is 0.366 e. The molecule has 3 aromatic rings. The fraction of sp³-hybridized carbons (Fsp3) is 0. The molecule has 3 rings (SSSR count). The quantitative estimate of drug-likeness (QED) is 0.744. The second-order valence-corrected chi connectivity index (χ2v) is 4.78. The molecule has 6 heteroatoms. The highest BCUT2D eigenvalue weighted by molar-refractivity contribution is 6.39. The van der Waals surface area contributed by atoms with Crippen LogP contribution in [0.5, 0.6) is 0 Å². The molecular weight excluding hydrogens is 283 g/mol. The van der Waals surface area contributed by atoms with Crippen molar-refractivity contribution in [3.63, 3.8) is 0 Å². The molecule has 1 aromatic heterocycles. The summed E-state index contributed by atoms with van der Waals surface area (Å²) in [5, 5.41) is 8.91. The predicted octanol–water partition coefficient (Wildman–Crippen LogP) is 3.58. The van der Waals surface area contributed by atoms with E-state index in [-0.39, 0.29) is 5.95 Å². The molecule has 0 bridgehead atoms. The summed E-state index contributed by atoms with van der Waals surface area (Å²) in [5.74, 6) is 0.149. The average molecular weight is 291 g/mol. The van der Waals surface area contributed by atoms with Crippen LogP contribution in [0.4, 0.5) is 5.95 Å². The number of hydrogen-bond donors (Lipinski definition) is 1. The maximum absolute atomic E-state index is 6.18. The summed E-state index contributed by atoms with van der Waals surface area (Å²) in [6.07, 6.45) is 0. The molecule has 0 saturated heterocycles. The molecule has 0 radical (unpaired) electrons. The fourth-order valence-electron chi connectivity index (χ4n) is 1.88. The zero-order valence-corrected chi connectivity index (χ0v) is 11.2. The number of rotatable bonds is 1. The van der Waals surface area contributed by atoms with Crippen LogP contribution in [-0.4, -0.2) is 15.2 Å². The van der Waals surface area contributed by atoms with Crippen LogP contribution in [0.15, 0.2) is 36.4 Å². The van der Waals surface area contributed by atoms with Gasteiger partial charge < -0.3 is 5.73 Å². The molecule has 0 spiro atoms. The standard InChI is InChI=1S/C13H8Cl2N4/c14-8-2-1-3-9(15)12(8)7-4-5-10-11(6-7)18-19-13(16)17-10/h1-6H,(H2,16,17,19). The van der Waals surface area contributed by atoms with Gasteiger partial charge in [0, 0.05) is 15.6 Å².